The van der Waals surface area contributed by atoms with Crippen molar-refractivity contribution in [2.45, 2.75) is 32.6 Å². The van der Waals surface area contributed by atoms with Crippen molar-refractivity contribution in [1.29, 1.82) is 0 Å². The molecule has 15 heavy (non-hydrogen) atoms. The topological polar surface area (TPSA) is 24.4 Å². The lowest BCUT2D eigenvalue weighted by Crippen LogP contribution is -2.21. The Bertz CT molecular complexity index is 345. The van der Waals surface area contributed by atoms with Crippen LogP contribution in [0.25, 0.3) is 0 Å². The number of rotatable bonds is 1. The van der Waals surface area contributed by atoms with E-state index >= 15 is 0 Å². The van der Waals surface area contributed by atoms with Gasteiger partial charge in [-0.25, -0.2) is 4.99 Å². The average Bonchev–Trinajstić information content (AvgIpc) is 2.50. The largest absolute Gasteiger partial charge is 0.374 e. The third-order valence-electron chi connectivity index (χ3n) is 2.79. The summed E-state index contributed by atoms with van der Waals surface area (Å²) in [6.45, 7) is 3.18. The Morgan fingerprint density at radius 2 is 2.00 bits per heavy atom. The zero-order chi connectivity index (χ0) is 10.5. The molecule has 0 aromatic heterocycles. The molecule has 1 aliphatic rings. The minimum absolute atomic E-state index is 1.07. The highest BCUT2D eigenvalue weighted by atomic mass is 15.0. The maximum absolute atomic E-state index is 4.68. The molecule has 0 unspecified atom stereocenters. The van der Waals surface area contributed by atoms with Crippen LogP contribution >= 0.6 is 0 Å². The lowest BCUT2D eigenvalue weighted by molar-refractivity contribution is 0.721. The van der Waals surface area contributed by atoms with Gasteiger partial charge in [-0.3, -0.25) is 0 Å². The SMILES string of the molecule is Cc1ccccc1N=C1CCCCCN1. The van der Waals surface area contributed by atoms with E-state index in [2.05, 4.69) is 35.4 Å². The number of hydrogen-bond donors (Lipinski definition) is 1. The molecule has 1 saturated heterocycles. The quantitative estimate of drug-likeness (QED) is 0.743. The van der Waals surface area contributed by atoms with E-state index in [1.165, 1.54) is 24.8 Å². The average molecular weight is 202 g/mol. The second-order valence-electron chi connectivity index (χ2n) is 4.08. The predicted molar refractivity (Wildman–Crippen MR) is 64.7 cm³/mol. The van der Waals surface area contributed by atoms with Gasteiger partial charge in [-0.15, -0.1) is 0 Å². The fourth-order valence-corrected chi connectivity index (χ4v) is 1.84. The predicted octanol–water partition coefficient (Wildman–Crippen LogP) is 3.19. The highest BCUT2D eigenvalue weighted by Gasteiger charge is 2.04. The summed E-state index contributed by atoms with van der Waals surface area (Å²) >= 11 is 0. The Labute approximate surface area is 91.4 Å². The van der Waals surface area contributed by atoms with E-state index in [-0.39, 0.29) is 0 Å². The Kier molecular flexibility index (Phi) is 3.38. The van der Waals surface area contributed by atoms with E-state index in [4.69, 9.17) is 0 Å². The maximum atomic E-state index is 4.68. The first-order valence-corrected chi connectivity index (χ1v) is 5.73. The van der Waals surface area contributed by atoms with Crippen LogP contribution in [-0.2, 0) is 0 Å². The molecule has 1 fully saturated rings. The van der Waals surface area contributed by atoms with Gasteiger partial charge in [0, 0.05) is 13.0 Å². The Balaban J connectivity index is 2.17. The van der Waals surface area contributed by atoms with E-state index in [0.29, 0.717) is 0 Å². The molecule has 0 amide bonds. The van der Waals surface area contributed by atoms with Crippen molar-refractivity contribution >= 4 is 11.5 Å². The van der Waals surface area contributed by atoms with Gasteiger partial charge in [-0.05, 0) is 31.4 Å². The van der Waals surface area contributed by atoms with Crippen molar-refractivity contribution in [1.82, 2.24) is 5.32 Å². The van der Waals surface area contributed by atoms with Gasteiger partial charge < -0.3 is 5.32 Å². The lowest BCUT2D eigenvalue weighted by Gasteiger charge is -2.06. The minimum atomic E-state index is 1.07. The lowest BCUT2D eigenvalue weighted by atomic mass is 10.2. The van der Waals surface area contributed by atoms with E-state index in [1.54, 1.807) is 0 Å². The minimum Gasteiger partial charge on any atom is -0.374 e. The number of aliphatic imine (C=N–C) groups is 1. The van der Waals surface area contributed by atoms with Crippen molar-refractivity contribution in [3.63, 3.8) is 0 Å². The summed E-state index contributed by atoms with van der Waals surface area (Å²) in [6.07, 6.45) is 4.94. The Hall–Kier alpha value is -1.31. The van der Waals surface area contributed by atoms with Gasteiger partial charge >= 0.3 is 0 Å². The zero-order valence-corrected chi connectivity index (χ0v) is 9.29. The third-order valence-corrected chi connectivity index (χ3v) is 2.79. The van der Waals surface area contributed by atoms with Crippen molar-refractivity contribution < 1.29 is 0 Å². The van der Waals surface area contributed by atoms with Crippen LogP contribution in [0.1, 0.15) is 31.2 Å². The van der Waals surface area contributed by atoms with Crippen LogP contribution in [0.2, 0.25) is 0 Å². The second kappa shape index (κ2) is 4.96. The van der Waals surface area contributed by atoms with E-state index < -0.39 is 0 Å². The summed E-state index contributed by atoms with van der Waals surface area (Å²) in [5, 5.41) is 3.41. The van der Waals surface area contributed by atoms with Crippen molar-refractivity contribution in [3.8, 4) is 0 Å². The molecule has 0 aliphatic carbocycles. The number of nitrogens with zero attached hydrogens (tertiary/aromatic N) is 1. The molecule has 0 atom stereocenters. The summed E-state index contributed by atoms with van der Waals surface area (Å²) < 4.78 is 0. The van der Waals surface area contributed by atoms with E-state index in [1.807, 2.05) is 6.07 Å². The van der Waals surface area contributed by atoms with Crippen LogP contribution in [0.3, 0.4) is 0 Å². The van der Waals surface area contributed by atoms with Crippen LogP contribution in [-0.4, -0.2) is 12.4 Å². The summed E-state index contributed by atoms with van der Waals surface area (Å²) in [4.78, 5) is 4.68. The second-order valence-corrected chi connectivity index (χ2v) is 4.08. The number of amidine groups is 1. The molecule has 80 valence electrons. The molecule has 2 nitrogen and oxygen atoms in total. The molecule has 1 aromatic carbocycles. The van der Waals surface area contributed by atoms with Crippen molar-refractivity contribution in [2.24, 2.45) is 4.99 Å². The molecule has 0 bridgehead atoms. The molecule has 0 spiro atoms. The Morgan fingerprint density at radius 3 is 2.87 bits per heavy atom. The first kappa shape index (κ1) is 10.2. The van der Waals surface area contributed by atoms with Crippen molar-refractivity contribution in [2.75, 3.05) is 6.54 Å². The summed E-state index contributed by atoms with van der Waals surface area (Å²) in [7, 11) is 0. The van der Waals surface area contributed by atoms with Gasteiger partial charge in [0.15, 0.2) is 0 Å². The summed E-state index contributed by atoms with van der Waals surface area (Å²) in [5.74, 6) is 1.15. The van der Waals surface area contributed by atoms with Gasteiger partial charge in [0.1, 0.15) is 5.84 Å². The van der Waals surface area contributed by atoms with Crippen LogP contribution in [0, 0.1) is 6.92 Å². The van der Waals surface area contributed by atoms with Gasteiger partial charge in [0.25, 0.3) is 0 Å². The zero-order valence-electron chi connectivity index (χ0n) is 9.29. The molecule has 0 radical (unpaired) electrons. The van der Waals surface area contributed by atoms with Crippen LogP contribution in [0.4, 0.5) is 5.69 Å². The fourth-order valence-electron chi connectivity index (χ4n) is 1.84. The number of aryl methyl sites for hydroxylation is 1. The number of nitrogens with one attached hydrogen (secondary N) is 1. The molecule has 1 aromatic rings. The number of para-hydroxylation sites is 1. The standard InChI is InChI=1S/C13H18N2/c1-11-7-4-5-8-12(11)15-13-9-3-2-6-10-14-13/h4-5,7-8H,2-3,6,9-10H2,1H3,(H,14,15). The molecule has 2 rings (SSSR count). The summed E-state index contributed by atoms with van der Waals surface area (Å²) in [5.41, 5.74) is 2.35. The third kappa shape index (κ3) is 2.82. The van der Waals surface area contributed by atoms with Gasteiger partial charge in [0.2, 0.25) is 0 Å². The van der Waals surface area contributed by atoms with Gasteiger partial charge in [0.05, 0.1) is 5.69 Å². The number of benzene rings is 1. The van der Waals surface area contributed by atoms with Gasteiger partial charge in [-0.1, -0.05) is 24.6 Å². The van der Waals surface area contributed by atoms with E-state index in [9.17, 15) is 0 Å². The molecular weight excluding hydrogens is 184 g/mol. The van der Waals surface area contributed by atoms with Crippen LogP contribution in [0.5, 0.6) is 0 Å². The first-order chi connectivity index (χ1) is 7.36. The summed E-state index contributed by atoms with van der Waals surface area (Å²) in [6, 6.07) is 8.29. The monoisotopic (exact) mass is 202 g/mol. The highest BCUT2D eigenvalue weighted by molar-refractivity contribution is 5.85. The molecule has 1 heterocycles. The van der Waals surface area contributed by atoms with E-state index in [0.717, 1.165) is 24.5 Å². The van der Waals surface area contributed by atoms with Crippen LogP contribution < -0.4 is 5.32 Å². The molecular formula is C13H18N2. The molecule has 0 saturated carbocycles. The van der Waals surface area contributed by atoms with Crippen molar-refractivity contribution in [3.05, 3.63) is 29.8 Å². The molecule has 2 heteroatoms. The Morgan fingerprint density at radius 1 is 1.13 bits per heavy atom. The van der Waals surface area contributed by atoms with Gasteiger partial charge in [-0.2, -0.15) is 0 Å². The smallest absolute Gasteiger partial charge is 0.102 e. The van der Waals surface area contributed by atoms with Crippen LogP contribution in [0.15, 0.2) is 29.3 Å². The number of hydrogen-bond acceptors (Lipinski definition) is 1. The fraction of sp³-hybridized carbons (Fsp3) is 0.462. The maximum Gasteiger partial charge on any atom is 0.102 e. The molecule has 1 N–H and O–H groups in total. The highest BCUT2D eigenvalue weighted by Crippen LogP contribution is 2.18. The molecule has 1 aliphatic heterocycles. The normalized spacial score (nSPS) is 19.7. The first-order valence-electron chi connectivity index (χ1n) is 5.73.